The highest BCUT2D eigenvalue weighted by Gasteiger charge is 2.54. The maximum Gasteiger partial charge on any atom is 0.189 e. The number of halogens is 1. The third-order valence-electron chi connectivity index (χ3n) is 2.76. The highest BCUT2D eigenvalue weighted by molar-refractivity contribution is 6.18. The van der Waals surface area contributed by atoms with Crippen molar-refractivity contribution < 1.29 is 23.7 Å². The van der Waals surface area contributed by atoms with Crippen LogP contribution in [0.2, 0.25) is 0 Å². The first-order chi connectivity index (χ1) is 6.90. The fourth-order valence-electron chi connectivity index (χ4n) is 2.07. The van der Waals surface area contributed by atoms with Gasteiger partial charge in [-0.3, -0.25) is 0 Å². The van der Waals surface area contributed by atoms with Crippen molar-refractivity contribution in [2.45, 2.75) is 30.7 Å². The van der Waals surface area contributed by atoms with Crippen molar-refractivity contribution in [2.75, 3.05) is 19.5 Å². The highest BCUT2D eigenvalue weighted by Crippen LogP contribution is 2.35. The minimum absolute atomic E-state index is 0.111. The Morgan fingerprint density at radius 3 is 2.57 bits per heavy atom. The molecule has 14 heavy (non-hydrogen) atoms. The fraction of sp³-hybridized carbons (Fsp3) is 1.00. The molecule has 3 heterocycles. The molecule has 0 aromatic heterocycles. The van der Waals surface area contributed by atoms with Crippen molar-refractivity contribution in [3.05, 3.63) is 0 Å². The molecule has 3 aliphatic rings. The number of hydrogen-bond acceptors (Lipinski definition) is 5. The predicted octanol–water partition coefficient (Wildman–Crippen LogP) is 0.0645. The van der Waals surface area contributed by atoms with Crippen LogP contribution in [0.1, 0.15) is 0 Å². The smallest absolute Gasteiger partial charge is 0.189 e. The lowest BCUT2D eigenvalue weighted by atomic mass is 10.1. The molecule has 5 nitrogen and oxygen atoms in total. The predicted molar refractivity (Wildman–Crippen MR) is 44.8 cm³/mol. The zero-order valence-corrected chi connectivity index (χ0v) is 8.18. The van der Waals surface area contributed by atoms with Gasteiger partial charge in [0.05, 0.1) is 5.88 Å². The van der Waals surface area contributed by atoms with Crippen LogP contribution >= 0.6 is 11.6 Å². The monoisotopic (exact) mass is 222 g/mol. The van der Waals surface area contributed by atoms with E-state index in [1.807, 2.05) is 0 Å². The van der Waals surface area contributed by atoms with Gasteiger partial charge in [0.1, 0.15) is 31.2 Å². The Labute approximate surface area is 86.1 Å². The molecule has 0 N–H and O–H groups in total. The molecule has 3 aliphatic heterocycles. The van der Waals surface area contributed by atoms with Gasteiger partial charge in [0.15, 0.2) is 13.1 Å². The summed E-state index contributed by atoms with van der Waals surface area (Å²) in [5, 5.41) is 0. The van der Waals surface area contributed by atoms with Crippen LogP contribution in [0, 0.1) is 0 Å². The molecule has 5 atom stereocenters. The molecule has 0 spiro atoms. The van der Waals surface area contributed by atoms with E-state index in [1.54, 1.807) is 0 Å². The third kappa shape index (κ3) is 1.28. The van der Waals surface area contributed by atoms with Gasteiger partial charge in [0.25, 0.3) is 0 Å². The number of alkyl halides is 1. The van der Waals surface area contributed by atoms with Gasteiger partial charge in [0.2, 0.25) is 0 Å². The lowest BCUT2D eigenvalue weighted by Crippen LogP contribution is -2.48. The summed E-state index contributed by atoms with van der Waals surface area (Å²) >= 11 is 5.76. The van der Waals surface area contributed by atoms with Gasteiger partial charge in [-0.15, -0.1) is 11.6 Å². The zero-order chi connectivity index (χ0) is 9.54. The summed E-state index contributed by atoms with van der Waals surface area (Å²) in [6.07, 6.45) is -0.864. The van der Waals surface area contributed by atoms with Crippen LogP contribution in [0.15, 0.2) is 0 Å². The normalized spacial score (nSPS) is 51.6. The molecule has 0 amide bonds. The molecular weight excluding hydrogens is 212 g/mol. The Morgan fingerprint density at radius 2 is 1.71 bits per heavy atom. The molecule has 0 aromatic rings. The fourth-order valence-corrected chi connectivity index (χ4v) is 2.33. The molecule has 3 rings (SSSR count). The molecule has 5 unspecified atom stereocenters. The van der Waals surface area contributed by atoms with Gasteiger partial charge in [-0.25, -0.2) is 0 Å². The minimum Gasteiger partial charge on any atom is -0.348 e. The van der Waals surface area contributed by atoms with E-state index in [2.05, 4.69) is 0 Å². The van der Waals surface area contributed by atoms with Gasteiger partial charge < -0.3 is 23.7 Å². The summed E-state index contributed by atoms with van der Waals surface area (Å²) in [6.45, 7) is 0.517. The molecule has 0 radical (unpaired) electrons. The molecular formula is C8H11ClO5. The van der Waals surface area contributed by atoms with Crippen molar-refractivity contribution >= 4 is 11.6 Å². The van der Waals surface area contributed by atoms with Gasteiger partial charge in [-0.05, 0) is 0 Å². The summed E-state index contributed by atoms with van der Waals surface area (Å²) in [6, 6.07) is 0. The first-order valence-corrected chi connectivity index (χ1v) is 5.11. The Morgan fingerprint density at radius 1 is 0.929 bits per heavy atom. The maximum atomic E-state index is 5.76. The molecule has 0 saturated carbocycles. The van der Waals surface area contributed by atoms with Gasteiger partial charge >= 0.3 is 0 Å². The van der Waals surface area contributed by atoms with E-state index < -0.39 is 0 Å². The van der Waals surface area contributed by atoms with Crippen LogP contribution in [0.5, 0.6) is 0 Å². The summed E-state index contributed by atoms with van der Waals surface area (Å²) in [4.78, 5) is 0. The van der Waals surface area contributed by atoms with Crippen LogP contribution in [-0.2, 0) is 23.7 Å². The van der Waals surface area contributed by atoms with Crippen LogP contribution in [0.25, 0.3) is 0 Å². The summed E-state index contributed by atoms with van der Waals surface area (Å²) in [7, 11) is 0. The molecule has 80 valence electrons. The summed E-state index contributed by atoms with van der Waals surface area (Å²) in [5.74, 6) is 0.393. The van der Waals surface area contributed by atoms with Crippen LogP contribution < -0.4 is 0 Å². The van der Waals surface area contributed by atoms with Crippen LogP contribution in [0.4, 0.5) is 0 Å². The Bertz CT molecular complexity index is 226. The standard InChI is InChI=1S/C8H11ClO5/c9-1-4-5-6(11-2-10-4)7-8(14-5)13-3-12-7/h4-8H,1-3H2. The topological polar surface area (TPSA) is 46.2 Å². The van der Waals surface area contributed by atoms with Crippen LogP contribution in [0.3, 0.4) is 0 Å². The van der Waals surface area contributed by atoms with E-state index in [-0.39, 0.29) is 44.3 Å². The van der Waals surface area contributed by atoms with Crippen molar-refractivity contribution in [2.24, 2.45) is 0 Å². The molecule has 3 fully saturated rings. The molecule has 0 aromatic carbocycles. The quantitative estimate of drug-likeness (QED) is 0.588. The van der Waals surface area contributed by atoms with E-state index in [0.717, 1.165) is 0 Å². The van der Waals surface area contributed by atoms with E-state index in [0.29, 0.717) is 5.88 Å². The number of fused-ring (bicyclic) bond motifs is 3. The highest BCUT2D eigenvalue weighted by atomic mass is 35.5. The number of rotatable bonds is 1. The molecule has 6 heteroatoms. The first kappa shape index (κ1) is 9.33. The lowest BCUT2D eigenvalue weighted by molar-refractivity contribution is -0.239. The second-order valence-corrected chi connectivity index (χ2v) is 3.80. The minimum atomic E-state index is -0.322. The largest absolute Gasteiger partial charge is 0.348 e. The first-order valence-electron chi connectivity index (χ1n) is 4.58. The van der Waals surface area contributed by atoms with Gasteiger partial charge in [-0.1, -0.05) is 0 Å². The average molecular weight is 223 g/mol. The van der Waals surface area contributed by atoms with E-state index >= 15 is 0 Å². The average Bonchev–Trinajstić information content (AvgIpc) is 2.76. The number of ether oxygens (including phenoxy) is 5. The van der Waals surface area contributed by atoms with Crippen molar-refractivity contribution in [1.29, 1.82) is 0 Å². The van der Waals surface area contributed by atoms with Crippen molar-refractivity contribution in [3.8, 4) is 0 Å². The lowest BCUT2D eigenvalue weighted by Gasteiger charge is -2.32. The number of hydrogen-bond donors (Lipinski definition) is 0. The maximum absolute atomic E-state index is 5.76. The third-order valence-corrected chi connectivity index (χ3v) is 3.07. The zero-order valence-electron chi connectivity index (χ0n) is 7.43. The van der Waals surface area contributed by atoms with E-state index in [9.17, 15) is 0 Å². The van der Waals surface area contributed by atoms with Gasteiger partial charge in [-0.2, -0.15) is 0 Å². The molecule has 3 saturated heterocycles. The van der Waals surface area contributed by atoms with Crippen molar-refractivity contribution in [1.82, 2.24) is 0 Å². The Hall–Kier alpha value is 0.0900. The molecule has 0 bridgehead atoms. The second kappa shape index (κ2) is 3.59. The van der Waals surface area contributed by atoms with E-state index in [4.69, 9.17) is 35.3 Å². The van der Waals surface area contributed by atoms with Crippen LogP contribution in [-0.4, -0.2) is 50.2 Å². The second-order valence-electron chi connectivity index (χ2n) is 3.49. The van der Waals surface area contributed by atoms with Gasteiger partial charge in [0, 0.05) is 0 Å². The molecule has 0 aliphatic carbocycles. The Balaban J connectivity index is 1.78. The van der Waals surface area contributed by atoms with Crippen molar-refractivity contribution in [3.63, 3.8) is 0 Å². The summed E-state index contributed by atoms with van der Waals surface area (Å²) in [5.41, 5.74) is 0. The van der Waals surface area contributed by atoms with E-state index in [1.165, 1.54) is 0 Å². The Kier molecular flexibility index (Phi) is 2.39. The summed E-state index contributed by atoms with van der Waals surface area (Å²) < 4.78 is 27.0. The SMILES string of the molecule is ClCC1OCOC2C1OC1OCOC12.